The van der Waals surface area contributed by atoms with Crippen LogP contribution in [0.3, 0.4) is 0 Å². The molecule has 0 aliphatic heterocycles. The SMILES string of the molecule is CC(O)c1ccc(N(C)Cc2ccc(Cl)cc2)cn1. The van der Waals surface area contributed by atoms with E-state index in [0.29, 0.717) is 5.69 Å². The smallest absolute Gasteiger partial charge is 0.0931 e. The van der Waals surface area contributed by atoms with Crippen molar-refractivity contribution in [3.8, 4) is 0 Å². The van der Waals surface area contributed by atoms with Gasteiger partial charge in [0.25, 0.3) is 0 Å². The number of aromatic nitrogens is 1. The first kappa shape index (κ1) is 13.8. The first-order valence-corrected chi connectivity index (χ1v) is 6.53. The first-order valence-electron chi connectivity index (χ1n) is 6.16. The van der Waals surface area contributed by atoms with E-state index in [2.05, 4.69) is 9.88 Å². The second-order valence-corrected chi connectivity index (χ2v) is 5.04. The van der Waals surface area contributed by atoms with Crippen LogP contribution < -0.4 is 4.90 Å². The Labute approximate surface area is 118 Å². The van der Waals surface area contributed by atoms with Crippen molar-refractivity contribution < 1.29 is 5.11 Å². The second-order valence-electron chi connectivity index (χ2n) is 4.60. The van der Waals surface area contributed by atoms with Crippen LogP contribution in [0.2, 0.25) is 5.02 Å². The van der Waals surface area contributed by atoms with E-state index in [9.17, 15) is 5.11 Å². The van der Waals surface area contributed by atoms with Crippen molar-refractivity contribution in [1.82, 2.24) is 4.98 Å². The highest BCUT2D eigenvalue weighted by atomic mass is 35.5. The lowest BCUT2D eigenvalue weighted by atomic mass is 10.2. The van der Waals surface area contributed by atoms with Gasteiger partial charge in [-0.15, -0.1) is 0 Å². The Morgan fingerprint density at radius 2 is 1.89 bits per heavy atom. The van der Waals surface area contributed by atoms with Gasteiger partial charge in [0.1, 0.15) is 0 Å². The van der Waals surface area contributed by atoms with Gasteiger partial charge in [-0.05, 0) is 36.8 Å². The zero-order chi connectivity index (χ0) is 13.8. The minimum atomic E-state index is -0.532. The molecule has 0 radical (unpaired) electrons. The molecular weight excluding hydrogens is 260 g/mol. The molecule has 0 fully saturated rings. The third kappa shape index (κ3) is 3.69. The van der Waals surface area contributed by atoms with Crippen LogP contribution in [0.5, 0.6) is 0 Å². The van der Waals surface area contributed by atoms with Gasteiger partial charge in [-0.25, -0.2) is 0 Å². The molecule has 1 N–H and O–H groups in total. The van der Waals surface area contributed by atoms with Crippen LogP contribution in [-0.4, -0.2) is 17.1 Å². The van der Waals surface area contributed by atoms with Crippen molar-refractivity contribution in [2.24, 2.45) is 0 Å². The molecule has 19 heavy (non-hydrogen) atoms. The highest BCUT2D eigenvalue weighted by molar-refractivity contribution is 6.30. The maximum absolute atomic E-state index is 9.43. The molecule has 0 spiro atoms. The maximum Gasteiger partial charge on any atom is 0.0931 e. The van der Waals surface area contributed by atoms with E-state index in [1.165, 1.54) is 5.56 Å². The number of halogens is 1. The van der Waals surface area contributed by atoms with Gasteiger partial charge in [0.05, 0.1) is 23.7 Å². The molecule has 0 saturated carbocycles. The fourth-order valence-electron chi connectivity index (χ4n) is 1.83. The summed E-state index contributed by atoms with van der Waals surface area (Å²) in [5.41, 5.74) is 2.88. The average Bonchev–Trinajstić information content (AvgIpc) is 2.41. The Morgan fingerprint density at radius 1 is 1.21 bits per heavy atom. The Kier molecular flexibility index (Phi) is 4.40. The highest BCUT2D eigenvalue weighted by Crippen LogP contribution is 2.18. The van der Waals surface area contributed by atoms with E-state index in [1.54, 1.807) is 13.1 Å². The fourth-order valence-corrected chi connectivity index (χ4v) is 1.95. The Bertz CT molecular complexity index is 523. The number of nitrogens with zero attached hydrogens (tertiary/aromatic N) is 2. The number of rotatable bonds is 4. The predicted octanol–water partition coefficient (Wildman–Crippen LogP) is 3.42. The molecule has 1 aromatic carbocycles. The minimum absolute atomic E-state index is 0.532. The molecule has 0 aliphatic rings. The average molecular weight is 277 g/mol. The van der Waals surface area contributed by atoms with Gasteiger partial charge < -0.3 is 10.0 Å². The van der Waals surface area contributed by atoms with Crippen LogP contribution >= 0.6 is 11.6 Å². The van der Waals surface area contributed by atoms with Crippen LogP contribution in [0.15, 0.2) is 42.6 Å². The summed E-state index contributed by atoms with van der Waals surface area (Å²) in [5, 5.41) is 10.2. The van der Waals surface area contributed by atoms with Gasteiger partial charge in [-0.3, -0.25) is 4.98 Å². The summed E-state index contributed by atoms with van der Waals surface area (Å²) in [6, 6.07) is 11.6. The summed E-state index contributed by atoms with van der Waals surface area (Å²) in [6.07, 6.45) is 1.24. The van der Waals surface area contributed by atoms with E-state index in [4.69, 9.17) is 11.6 Å². The van der Waals surface area contributed by atoms with Crippen LogP contribution in [0.4, 0.5) is 5.69 Å². The van der Waals surface area contributed by atoms with Gasteiger partial charge in [0, 0.05) is 18.6 Å². The fraction of sp³-hybridized carbons (Fsp3) is 0.267. The van der Waals surface area contributed by atoms with E-state index in [1.807, 2.05) is 43.4 Å². The number of pyridine rings is 1. The van der Waals surface area contributed by atoms with Crippen molar-refractivity contribution in [2.45, 2.75) is 19.6 Å². The number of aliphatic hydroxyl groups is 1. The van der Waals surface area contributed by atoms with Gasteiger partial charge in [0.15, 0.2) is 0 Å². The third-order valence-electron chi connectivity index (χ3n) is 2.97. The molecule has 0 amide bonds. The van der Waals surface area contributed by atoms with Gasteiger partial charge in [-0.2, -0.15) is 0 Å². The molecule has 1 unspecified atom stereocenters. The molecule has 1 atom stereocenters. The van der Waals surface area contributed by atoms with Crippen LogP contribution in [0.25, 0.3) is 0 Å². The third-order valence-corrected chi connectivity index (χ3v) is 3.22. The summed E-state index contributed by atoms with van der Waals surface area (Å²) < 4.78 is 0. The summed E-state index contributed by atoms with van der Waals surface area (Å²) in [7, 11) is 2.01. The number of hydrogen-bond donors (Lipinski definition) is 1. The predicted molar refractivity (Wildman–Crippen MR) is 78.4 cm³/mol. The molecular formula is C15H17ClN2O. The van der Waals surface area contributed by atoms with Crippen LogP contribution in [0.1, 0.15) is 24.3 Å². The van der Waals surface area contributed by atoms with E-state index >= 15 is 0 Å². The van der Waals surface area contributed by atoms with Crippen molar-refractivity contribution in [3.05, 3.63) is 58.9 Å². The lowest BCUT2D eigenvalue weighted by Gasteiger charge is -2.19. The number of hydrogen-bond acceptors (Lipinski definition) is 3. The molecule has 100 valence electrons. The zero-order valence-corrected chi connectivity index (χ0v) is 11.8. The standard InChI is InChI=1S/C15H17ClN2O/c1-11(19)15-8-7-14(9-17-15)18(2)10-12-3-5-13(16)6-4-12/h3-9,11,19H,10H2,1-2H3. The van der Waals surface area contributed by atoms with Crippen molar-refractivity contribution >= 4 is 17.3 Å². The topological polar surface area (TPSA) is 36.4 Å². The van der Waals surface area contributed by atoms with Crippen LogP contribution in [0, 0.1) is 0 Å². The Hall–Kier alpha value is -1.58. The molecule has 4 heteroatoms. The molecule has 0 saturated heterocycles. The molecule has 3 nitrogen and oxygen atoms in total. The normalized spacial score (nSPS) is 12.2. The highest BCUT2D eigenvalue weighted by Gasteiger charge is 2.05. The van der Waals surface area contributed by atoms with E-state index < -0.39 is 6.10 Å². The lowest BCUT2D eigenvalue weighted by molar-refractivity contribution is 0.194. The number of anilines is 1. The maximum atomic E-state index is 9.43. The van der Waals surface area contributed by atoms with Gasteiger partial charge in [-0.1, -0.05) is 23.7 Å². The van der Waals surface area contributed by atoms with Gasteiger partial charge in [0.2, 0.25) is 0 Å². The van der Waals surface area contributed by atoms with Crippen molar-refractivity contribution in [2.75, 3.05) is 11.9 Å². The minimum Gasteiger partial charge on any atom is -0.387 e. The lowest BCUT2D eigenvalue weighted by Crippen LogP contribution is -2.16. The summed E-state index contributed by atoms with van der Waals surface area (Å²) in [4.78, 5) is 6.34. The summed E-state index contributed by atoms with van der Waals surface area (Å²) >= 11 is 5.86. The molecule has 1 heterocycles. The quantitative estimate of drug-likeness (QED) is 0.929. The summed E-state index contributed by atoms with van der Waals surface area (Å²) in [6.45, 7) is 2.49. The van der Waals surface area contributed by atoms with Crippen molar-refractivity contribution in [3.63, 3.8) is 0 Å². The molecule has 0 aliphatic carbocycles. The number of benzene rings is 1. The molecule has 2 aromatic rings. The first-order chi connectivity index (χ1) is 9.06. The van der Waals surface area contributed by atoms with Crippen LogP contribution in [-0.2, 0) is 6.54 Å². The largest absolute Gasteiger partial charge is 0.387 e. The number of aliphatic hydroxyl groups excluding tert-OH is 1. The van der Waals surface area contributed by atoms with E-state index in [0.717, 1.165) is 17.3 Å². The Balaban J connectivity index is 2.07. The van der Waals surface area contributed by atoms with Gasteiger partial charge >= 0.3 is 0 Å². The molecule has 1 aromatic heterocycles. The van der Waals surface area contributed by atoms with E-state index in [-0.39, 0.29) is 0 Å². The zero-order valence-electron chi connectivity index (χ0n) is 11.0. The Morgan fingerprint density at radius 3 is 2.42 bits per heavy atom. The summed E-state index contributed by atoms with van der Waals surface area (Å²) in [5.74, 6) is 0. The monoisotopic (exact) mass is 276 g/mol. The molecule has 0 bridgehead atoms. The molecule has 2 rings (SSSR count). The van der Waals surface area contributed by atoms with Crippen molar-refractivity contribution in [1.29, 1.82) is 0 Å². The second kappa shape index (κ2) is 6.04.